The SMILES string of the molecule is COCCCN(CC(=O)N1CCc2sccc2C1c1ccccc1)S(=O)(=O)c1cccc2cccnc12. The second-order valence-electron chi connectivity index (χ2n) is 8.97. The first-order chi connectivity index (χ1) is 18.0. The van der Waals surface area contributed by atoms with E-state index in [2.05, 4.69) is 16.4 Å². The molecule has 1 unspecified atom stereocenters. The summed E-state index contributed by atoms with van der Waals surface area (Å²) in [6.45, 7) is 0.840. The number of benzene rings is 2. The Morgan fingerprint density at radius 2 is 1.92 bits per heavy atom. The molecule has 0 aliphatic carbocycles. The number of pyridine rings is 1. The fourth-order valence-corrected chi connectivity index (χ4v) is 7.41. The minimum Gasteiger partial charge on any atom is -0.385 e. The first kappa shape index (κ1) is 25.5. The number of para-hydroxylation sites is 1. The minimum atomic E-state index is -4.00. The molecule has 2 aromatic heterocycles. The van der Waals surface area contributed by atoms with Crippen LogP contribution in [-0.4, -0.2) is 61.9 Å². The van der Waals surface area contributed by atoms with Crippen LogP contribution in [0.5, 0.6) is 0 Å². The summed E-state index contributed by atoms with van der Waals surface area (Å²) in [6.07, 6.45) is 2.81. The van der Waals surface area contributed by atoms with Crippen molar-refractivity contribution in [2.45, 2.75) is 23.8 Å². The zero-order valence-corrected chi connectivity index (χ0v) is 22.2. The first-order valence-corrected chi connectivity index (χ1v) is 14.6. The van der Waals surface area contributed by atoms with Crippen LogP contribution in [-0.2, 0) is 26.0 Å². The highest BCUT2D eigenvalue weighted by Crippen LogP contribution is 2.38. The van der Waals surface area contributed by atoms with Gasteiger partial charge >= 0.3 is 0 Å². The van der Waals surface area contributed by atoms with Crippen molar-refractivity contribution in [3.63, 3.8) is 0 Å². The molecular weight excluding hydrogens is 506 g/mol. The topological polar surface area (TPSA) is 79.8 Å². The maximum Gasteiger partial charge on any atom is 0.245 e. The van der Waals surface area contributed by atoms with Gasteiger partial charge < -0.3 is 9.64 Å². The molecule has 1 amide bonds. The Morgan fingerprint density at radius 3 is 2.73 bits per heavy atom. The number of carbonyl (C=O) groups is 1. The summed E-state index contributed by atoms with van der Waals surface area (Å²) in [5, 5.41) is 2.79. The van der Waals surface area contributed by atoms with Crippen LogP contribution < -0.4 is 0 Å². The molecule has 2 aromatic carbocycles. The van der Waals surface area contributed by atoms with E-state index in [1.165, 1.54) is 9.18 Å². The molecule has 0 spiro atoms. The zero-order chi connectivity index (χ0) is 25.8. The third-order valence-corrected chi connectivity index (χ3v) is 9.56. The monoisotopic (exact) mass is 535 g/mol. The van der Waals surface area contributed by atoms with Gasteiger partial charge in [-0.2, -0.15) is 4.31 Å². The van der Waals surface area contributed by atoms with Crippen LogP contribution >= 0.6 is 11.3 Å². The van der Waals surface area contributed by atoms with E-state index < -0.39 is 10.0 Å². The molecule has 0 bridgehead atoms. The summed E-state index contributed by atoms with van der Waals surface area (Å²) in [7, 11) is -2.43. The number of aromatic nitrogens is 1. The van der Waals surface area contributed by atoms with Gasteiger partial charge in [0.2, 0.25) is 15.9 Å². The van der Waals surface area contributed by atoms with E-state index in [0.717, 1.165) is 22.9 Å². The normalized spacial score (nSPS) is 15.7. The van der Waals surface area contributed by atoms with Crippen LogP contribution in [0.2, 0.25) is 0 Å². The van der Waals surface area contributed by atoms with Crippen molar-refractivity contribution in [3.05, 3.63) is 94.3 Å². The van der Waals surface area contributed by atoms with Crippen LogP contribution in [0, 0.1) is 0 Å². The van der Waals surface area contributed by atoms with E-state index in [1.807, 2.05) is 47.4 Å². The predicted octanol–water partition coefficient (Wildman–Crippen LogP) is 4.50. The molecule has 7 nitrogen and oxygen atoms in total. The van der Waals surface area contributed by atoms with Crippen molar-refractivity contribution in [1.29, 1.82) is 0 Å². The van der Waals surface area contributed by atoms with Gasteiger partial charge in [0.25, 0.3) is 0 Å². The van der Waals surface area contributed by atoms with Crippen molar-refractivity contribution < 1.29 is 17.9 Å². The number of hydrogen-bond donors (Lipinski definition) is 0. The Morgan fingerprint density at radius 1 is 1.11 bits per heavy atom. The van der Waals surface area contributed by atoms with Crippen LogP contribution in [0.3, 0.4) is 0 Å². The molecule has 1 aliphatic rings. The Bertz CT molecular complexity index is 1480. The van der Waals surface area contributed by atoms with E-state index in [-0.39, 0.29) is 29.9 Å². The van der Waals surface area contributed by atoms with Crippen LogP contribution in [0.15, 0.2) is 83.2 Å². The first-order valence-electron chi connectivity index (χ1n) is 12.2. The van der Waals surface area contributed by atoms with Crippen LogP contribution in [0.25, 0.3) is 10.9 Å². The summed E-state index contributed by atoms with van der Waals surface area (Å²) in [5.41, 5.74) is 2.53. The Hall–Kier alpha value is -3.11. The third-order valence-electron chi connectivity index (χ3n) is 6.68. The molecule has 3 heterocycles. The van der Waals surface area contributed by atoms with Crippen molar-refractivity contribution in [2.75, 3.05) is 33.4 Å². The van der Waals surface area contributed by atoms with Gasteiger partial charge in [0.1, 0.15) is 4.90 Å². The minimum absolute atomic E-state index is 0.106. The standard InChI is InChI=1S/C28H29N3O4S2/c1-35-18-7-16-30(37(33,34)25-12-5-10-21-11-6-15-29-27(21)25)20-26(32)31-17-13-24-23(14-19-36-24)28(31)22-8-3-2-4-9-22/h2-6,8-12,14-15,19,28H,7,13,16-18,20H2,1H3. The molecule has 0 fully saturated rings. The van der Waals surface area contributed by atoms with Gasteiger partial charge in [-0.3, -0.25) is 9.78 Å². The summed E-state index contributed by atoms with van der Waals surface area (Å²) in [4.78, 5) is 21.4. The van der Waals surface area contributed by atoms with E-state index >= 15 is 0 Å². The van der Waals surface area contributed by atoms with Crippen LogP contribution in [0.4, 0.5) is 0 Å². The van der Waals surface area contributed by atoms with Gasteiger partial charge in [0, 0.05) is 43.3 Å². The number of methoxy groups -OCH3 is 1. The van der Waals surface area contributed by atoms with Gasteiger partial charge in [0.05, 0.1) is 18.1 Å². The van der Waals surface area contributed by atoms with Crippen molar-refractivity contribution in [1.82, 2.24) is 14.2 Å². The molecule has 0 saturated carbocycles. The van der Waals surface area contributed by atoms with Gasteiger partial charge in [0.15, 0.2) is 0 Å². The highest BCUT2D eigenvalue weighted by Gasteiger charge is 2.36. The molecule has 37 heavy (non-hydrogen) atoms. The molecule has 0 N–H and O–H groups in total. The fourth-order valence-electron chi connectivity index (χ4n) is 4.91. The largest absolute Gasteiger partial charge is 0.385 e. The number of rotatable bonds is 9. The lowest BCUT2D eigenvalue weighted by molar-refractivity contribution is -0.133. The highest BCUT2D eigenvalue weighted by molar-refractivity contribution is 7.89. The van der Waals surface area contributed by atoms with Gasteiger partial charge in [-0.1, -0.05) is 48.5 Å². The number of sulfonamides is 1. The van der Waals surface area contributed by atoms with Gasteiger partial charge in [-0.15, -0.1) is 11.3 Å². The second-order valence-corrected chi connectivity index (χ2v) is 11.9. The van der Waals surface area contributed by atoms with Crippen molar-refractivity contribution in [2.24, 2.45) is 0 Å². The lowest BCUT2D eigenvalue weighted by Gasteiger charge is -2.37. The molecule has 9 heteroatoms. The van der Waals surface area contributed by atoms with Crippen molar-refractivity contribution >= 4 is 38.2 Å². The quantitative estimate of drug-likeness (QED) is 0.295. The number of hydrogen-bond acceptors (Lipinski definition) is 6. The molecule has 5 rings (SSSR count). The Balaban J connectivity index is 1.49. The zero-order valence-electron chi connectivity index (χ0n) is 20.6. The number of nitrogens with zero attached hydrogens (tertiary/aromatic N) is 3. The average Bonchev–Trinajstić information content (AvgIpc) is 3.41. The smallest absolute Gasteiger partial charge is 0.245 e. The summed E-state index contributed by atoms with van der Waals surface area (Å²) < 4.78 is 34.3. The van der Waals surface area contributed by atoms with Crippen LogP contribution in [0.1, 0.15) is 28.5 Å². The molecular formula is C28H29N3O4S2. The summed E-state index contributed by atoms with van der Waals surface area (Å²) in [6, 6.07) is 20.5. The third kappa shape index (κ3) is 5.17. The lowest BCUT2D eigenvalue weighted by atomic mass is 9.93. The van der Waals surface area contributed by atoms with E-state index in [1.54, 1.807) is 42.8 Å². The predicted molar refractivity (Wildman–Crippen MR) is 145 cm³/mol. The van der Waals surface area contributed by atoms with E-state index in [0.29, 0.717) is 25.1 Å². The number of ether oxygens (including phenoxy) is 1. The Labute approximate surface area is 221 Å². The molecule has 1 atom stereocenters. The molecule has 1 aliphatic heterocycles. The average molecular weight is 536 g/mol. The number of fused-ring (bicyclic) bond motifs is 2. The molecule has 192 valence electrons. The molecule has 0 radical (unpaired) electrons. The number of amides is 1. The molecule has 0 saturated heterocycles. The fraction of sp³-hybridized carbons (Fsp3) is 0.286. The lowest BCUT2D eigenvalue weighted by Crippen LogP contribution is -2.47. The summed E-state index contributed by atoms with van der Waals surface area (Å²) >= 11 is 1.70. The Kier molecular flexibility index (Phi) is 7.66. The summed E-state index contributed by atoms with van der Waals surface area (Å²) in [5.74, 6) is -0.222. The van der Waals surface area contributed by atoms with Gasteiger partial charge in [-0.05, 0) is 47.5 Å². The van der Waals surface area contributed by atoms with Crippen molar-refractivity contribution in [3.8, 4) is 0 Å². The highest BCUT2D eigenvalue weighted by atomic mass is 32.2. The molecule has 4 aromatic rings. The number of thiophene rings is 1. The second kappa shape index (κ2) is 11.1. The van der Waals surface area contributed by atoms with Gasteiger partial charge in [-0.25, -0.2) is 8.42 Å². The van der Waals surface area contributed by atoms with E-state index in [9.17, 15) is 13.2 Å². The van der Waals surface area contributed by atoms with E-state index in [4.69, 9.17) is 4.74 Å². The maximum absolute atomic E-state index is 13.9. The number of carbonyl (C=O) groups excluding carboxylic acids is 1. The maximum atomic E-state index is 13.9.